The minimum Gasteiger partial charge on any atom is -0.459 e. The van der Waals surface area contributed by atoms with E-state index in [1.165, 1.54) is 27.9 Å². The molecule has 0 aromatic rings. The van der Waals surface area contributed by atoms with Crippen molar-refractivity contribution in [3.63, 3.8) is 0 Å². The highest BCUT2D eigenvalue weighted by atomic mass is 16.7. The van der Waals surface area contributed by atoms with Crippen molar-refractivity contribution in [3.8, 4) is 0 Å². The summed E-state index contributed by atoms with van der Waals surface area (Å²) in [5, 5.41) is 48.9. The Labute approximate surface area is 251 Å². The number of carbonyl (C=O) groups is 2. The van der Waals surface area contributed by atoms with Gasteiger partial charge >= 0.3 is 5.97 Å². The van der Waals surface area contributed by atoms with E-state index in [1.807, 2.05) is 25.9 Å². The molecule has 12 heteroatoms. The van der Waals surface area contributed by atoms with Crippen molar-refractivity contribution < 1.29 is 49.0 Å². The van der Waals surface area contributed by atoms with E-state index in [0.29, 0.717) is 6.42 Å². The summed E-state index contributed by atoms with van der Waals surface area (Å²) in [6.07, 6.45) is -6.15. The molecule has 5 N–H and O–H groups in total. The van der Waals surface area contributed by atoms with Crippen LogP contribution in [0.15, 0.2) is 0 Å². The van der Waals surface area contributed by atoms with Gasteiger partial charge in [-0.1, -0.05) is 20.8 Å². The number of aliphatic hydroxyl groups excluding tert-OH is 2. The van der Waals surface area contributed by atoms with Gasteiger partial charge in [-0.2, -0.15) is 0 Å². The van der Waals surface area contributed by atoms with E-state index < -0.39 is 83.7 Å². The molecule has 2 fully saturated rings. The minimum absolute atomic E-state index is 0.00706. The second kappa shape index (κ2) is 14.6. The van der Waals surface area contributed by atoms with Crippen LogP contribution in [0.25, 0.3) is 0 Å². The van der Waals surface area contributed by atoms with Gasteiger partial charge in [-0.05, 0) is 68.0 Å². The van der Waals surface area contributed by atoms with Gasteiger partial charge in [-0.3, -0.25) is 9.59 Å². The number of rotatable bonds is 5. The smallest absolute Gasteiger partial charge is 0.311 e. The maximum atomic E-state index is 13.3. The summed E-state index contributed by atoms with van der Waals surface area (Å²) in [6, 6.07) is -0.840. The summed E-state index contributed by atoms with van der Waals surface area (Å²) < 4.78 is 23.6. The number of cyclic esters (lactones) is 1. The van der Waals surface area contributed by atoms with Gasteiger partial charge in [0.1, 0.15) is 23.9 Å². The molecule has 0 unspecified atom stereocenters. The monoisotopic (exact) mass is 604 g/mol. The lowest BCUT2D eigenvalue weighted by molar-refractivity contribution is -0.298. The predicted octanol–water partition coefficient (Wildman–Crippen LogP) is 0.814. The van der Waals surface area contributed by atoms with E-state index in [9.17, 15) is 30.0 Å². The van der Waals surface area contributed by atoms with Crippen molar-refractivity contribution in [2.75, 3.05) is 21.2 Å². The zero-order valence-corrected chi connectivity index (χ0v) is 27.2. The molecule has 246 valence electrons. The third-order valence-corrected chi connectivity index (χ3v) is 9.16. The Bertz CT molecular complexity index is 899. The molecule has 1 amide bonds. The third kappa shape index (κ3) is 8.20. The highest BCUT2D eigenvalue weighted by molar-refractivity contribution is 5.79. The molecule has 42 heavy (non-hydrogen) atoms. The summed E-state index contributed by atoms with van der Waals surface area (Å²) >= 11 is 0. The lowest BCUT2D eigenvalue weighted by Gasteiger charge is -2.46. The number of ether oxygens (including phenoxy) is 4. The second-order valence-corrected chi connectivity index (χ2v) is 13.2. The summed E-state index contributed by atoms with van der Waals surface area (Å²) in [7, 11) is 5.08. The first-order chi connectivity index (χ1) is 19.3. The van der Waals surface area contributed by atoms with E-state index in [0.717, 1.165) is 0 Å². The van der Waals surface area contributed by atoms with Gasteiger partial charge in [0, 0.05) is 25.1 Å². The number of aliphatic hydroxyl groups is 4. The maximum Gasteiger partial charge on any atom is 0.311 e. The zero-order valence-electron chi connectivity index (χ0n) is 27.2. The van der Waals surface area contributed by atoms with Crippen molar-refractivity contribution in [1.29, 1.82) is 0 Å². The Hall–Kier alpha value is -1.38. The zero-order chi connectivity index (χ0) is 32.3. The Morgan fingerprint density at radius 3 is 2.12 bits per heavy atom. The number of esters is 1. The topological polar surface area (TPSA) is 167 Å². The number of hydrogen-bond acceptors (Lipinski definition) is 11. The summed E-state index contributed by atoms with van der Waals surface area (Å²) in [5.74, 6) is -3.95. The lowest BCUT2D eigenvalue weighted by Crippen LogP contribution is -2.59. The summed E-state index contributed by atoms with van der Waals surface area (Å²) in [6.45, 7) is 13.1. The van der Waals surface area contributed by atoms with Crippen LogP contribution in [-0.2, 0) is 28.5 Å². The predicted molar refractivity (Wildman–Crippen MR) is 155 cm³/mol. The van der Waals surface area contributed by atoms with E-state index >= 15 is 0 Å². The fraction of sp³-hybridized carbons (Fsp3) is 0.933. The highest BCUT2D eigenvalue weighted by Crippen LogP contribution is 2.36. The van der Waals surface area contributed by atoms with Gasteiger partial charge in [-0.25, -0.2) is 0 Å². The molecule has 0 bridgehead atoms. The van der Waals surface area contributed by atoms with Gasteiger partial charge in [0.15, 0.2) is 6.29 Å². The molecule has 0 saturated carbocycles. The van der Waals surface area contributed by atoms with Crippen LogP contribution in [0.4, 0.5) is 0 Å². The number of carbonyl (C=O) groups excluding carboxylic acids is 2. The van der Waals surface area contributed by atoms with Crippen LogP contribution in [0.3, 0.4) is 0 Å². The lowest BCUT2D eigenvalue weighted by atomic mass is 9.79. The van der Waals surface area contributed by atoms with Gasteiger partial charge in [-0.15, -0.1) is 0 Å². The van der Waals surface area contributed by atoms with Gasteiger partial charge in [0.05, 0.1) is 35.7 Å². The number of likely N-dealkylation sites (N-methyl/N-ethyl adjacent to an activating group) is 1. The molecular formula is C30H56N2O10. The van der Waals surface area contributed by atoms with Crippen LogP contribution >= 0.6 is 0 Å². The maximum absolute atomic E-state index is 13.3. The molecule has 0 aromatic heterocycles. The number of methoxy groups -OCH3 is 1. The van der Waals surface area contributed by atoms with Crippen LogP contribution in [-0.4, -0.2) is 125 Å². The molecule has 0 spiro atoms. The fourth-order valence-electron chi connectivity index (χ4n) is 6.70. The minimum atomic E-state index is -1.74. The number of hydrogen-bond donors (Lipinski definition) is 5. The van der Waals surface area contributed by atoms with Crippen molar-refractivity contribution in [2.45, 2.75) is 141 Å². The van der Waals surface area contributed by atoms with Gasteiger partial charge < -0.3 is 49.6 Å². The molecule has 12 nitrogen and oxygen atoms in total. The molecule has 0 aliphatic carbocycles. The van der Waals surface area contributed by atoms with E-state index in [1.54, 1.807) is 27.7 Å². The molecule has 2 aliphatic rings. The van der Waals surface area contributed by atoms with Crippen LogP contribution in [0.1, 0.15) is 74.7 Å². The first-order valence-corrected chi connectivity index (χ1v) is 15.1. The molecule has 14 atom stereocenters. The van der Waals surface area contributed by atoms with E-state index in [4.69, 9.17) is 18.9 Å². The van der Waals surface area contributed by atoms with Crippen molar-refractivity contribution >= 4 is 11.9 Å². The Balaban J connectivity index is 2.55. The Morgan fingerprint density at radius 1 is 1.00 bits per heavy atom. The van der Waals surface area contributed by atoms with Crippen LogP contribution in [0, 0.1) is 17.8 Å². The Morgan fingerprint density at radius 2 is 1.60 bits per heavy atom. The van der Waals surface area contributed by atoms with E-state index in [-0.39, 0.29) is 25.0 Å². The SMILES string of the molecule is CC[C@H]1OC(=O)[C@H](C)[C@@H](O)[C@H](C)[C@@H](O[C@@H]2O[C@H](C)C[C@H](N(C)C)[C@H]2O)[C@](C)(O)C[C@@H](C)NC(=O)[C@@H](C)[C@@H](OC)[C@]1(C)O. The average molecular weight is 605 g/mol. The Kier molecular flexibility index (Phi) is 12.8. The summed E-state index contributed by atoms with van der Waals surface area (Å²) in [5.41, 5.74) is -3.39. The first-order valence-electron chi connectivity index (χ1n) is 15.1. The van der Waals surface area contributed by atoms with Gasteiger partial charge in [0.2, 0.25) is 5.91 Å². The van der Waals surface area contributed by atoms with Gasteiger partial charge in [0.25, 0.3) is 0 Å². The third-order valence-electron chi connectivity index (χ3n) is 9.16. The molecule has 2 saturated heterocycles. The van der Waals surface area contributed by atoms with Crippen LogP contribution in [0.5, 0.6) is 0 Å². The second-order valence-electron chi connectivity index (χ2n) is 13.2. The fourth-order valence-corrected chi connectivity index (χ4v) is 6.70. The highest BCUT2D eigenvalue weighted by Gasteiger charge is 2.50. The quantitative estimate of drug-likeness (QED) is 0.282. The van der Waals surface area contributed by atoms with Crippen molar-refractivity contribution in [3.05, 3.63) is 0 Å². The molecule has 2 rings (SSSR count). The summed E-state index contributed by atoms with van der Waals surface area (Å²) in [4.78, 5) is 28.5. The molecule has 2 aliphatic heterocycles. The van der Waals surface area contributed by atoms with Crippen LogP contribution in [0.2, 0.25) is 0 Å². The first kappa shape index (κ1) is 36.8. The van der Waals surface area contributed by atoms with Crippen LogP contribution < -0.4 is 5.32 Å². The van der Waals surface area contributed by atoms with E-state index in [2.05, 4.69) is 5.32 Å². The normalized spacial score (nSPS) is 46.9. The standard InChI is InChI=1S/C30H56N2O10/c1-12-21-30(8,38)25(39-11)19(6)26(35)31-15(2)14-29(7,37)24(17(4)22(33)18(5)27(36)41-21)42-28-23(34)20(32(9)10)13-16(3)40-28/h15-25,28,33-34,37-38H,12-14H2,1-11H3,(H,31,35)/t15-,16-,17+,18-,19+,20+,21-,22+,23-,24-,25-,28+,29-,30-/m1/s1. The average Bonchev–Trinajstić information content (AvgIpc) is 2.89. The number of nitrogens with one attached hydrogen (secondary N) is 1. The molecular weight excluding hydrogens is 548 g/mol. The number of nitrogens with zero attached hydrogens (tertiary/aromatic N) is 1. The van der Waals surface area contributed by atoms with Crippen molar-refractivity contribution in [2.24, 2.45) is 17.8 Å². The molecule has 2 heterocycles. The largest absolute Gasteiger partial charge is 0.459 e. The molecule has 0 aromatic carbocycles. The number of amides is 1. The van der Waals surface area contributed by atoms with Crippen molar-refractivity contribution in [1.82, 2.24) is 10.2 Å². The molecule has 0 radical (unpaired) electrons.